The Hall–Kier alpha value is -2.56. The largest absolute Gasteiger partial charge is 0.352 e. The summed E-state index contributed by atoms with van der Waals surface area (Å²) in [5, 5.41) is 8.35. The van der Waals surface area contributed by atoms with E-state index in [-0.39, 0.29) is 5.56 Å². The van der Waals surface area contributed by atoms with Crippen molar-refractivity contribution in [1.82, 2.24) is 14.3 Å². The zero-order chi connectivity index (χ0) is 13.4. The summed E-state index contributed by atoms with van der Waals surface area (Å²) in [6.45, 7) is 0. The maximum Gasteiger partial charge on any atom is 0.252 e. The van der Waals surface area contributed by atoms with Crippen LogP contribution >= 0.6 is 0 Å². The fourth-order valence-electron chi connectivity index (χ4n) is 2.16. The van der Waals surface area contributed by atoms with Crippen molar-refractivity contribution in [3.05, 3.63) is 53.1 Å². The summed E-state index contributed by atoms with van der Waals surface area (Å²) in [6, 6.07) is 9.42. The van der Waals surface area contributed by atoms with E-state index in [0.717, 1.165) is 22.3 Å². The number of rotatable bonds is 2. The molecule has 19 heavy (non-hydrogen) atoms. The van der Waals surface area contributed by atoms with Crippen LogP contribution in [0.4, 0.5) is 11.4 Å². The highest BCUT2D eigenvalue weighted by atomic mass is 16.1. The molecule has 0 aliphatic carbocycles. The Morgan fingerprint density at radius 1 is 1.21 bits per heavy atom. The summed E-state index contributed by atoms with van der Waals surface area (Å²) in [7, 11) is 3.63. The number of nitrogens with one attached hydrogen (secondary N) is 1. The Morgan fingerprint density at radius 3 is 2.74 bits per heavy atom. The molecule has 2 aromatic heterocycles. The van der Waals surface area contributed by atoms with Crippen molar-refractivity contribution < 1.29 is 0 Å². The first-order valence-corrected chi connectivity index (χ1v) is 5.99. The summed E-state index contributed by atoms with van der Waals surface area (Å²) in [6.07, 6.45) is 3.60. The van der Waals surface area contributed by atoms with Gasteiger partial charge in [-0.3, -0.25) is 9.48 Å². The summed E-state index contributed by atoms with van der Waals surface area (Å²) in [5.41, 5.74) is 2.53. The minimum Gasteiger partial charge on any atom is -0.352 e. The molecule has 5 nitrogen and oxygen atoms in total. The van der Waals surface area contributed by atoms with Crippen molar-refractivity contribution in [3.8, 4) is 0 Å². The van der Waals surface area contributed by atoms with Crippen LogP contribution in [0.1, 0.15) is 0 Å². The second-order valence-electron chi connectivity index (χ2n) is 4.50. The quantitative estimate of drug-likeness (QED) is 0.761. The third-order valence-corrected chi connectivity index (χ3v) is 3.14. The predicted molar refractivity (Wildman–Crippen MR) is 75.7 cm³/mol. The molecule has 0 aliphatic rings. The van der Waals surface area contributed by atoms with Crippen LogP contribution in [-0.2, 0) is 14.1 Å². The lowest BCUT2D eigenvalue weighted by Crippen LogP contribution is -2.16. The zero-order valence-electron chi connectivity index (χ0n) is 10.8. The molecular weight excluding hydrogens is 240 g/mol. The van der Waals surface area contributed by atoms with E-state index in [1.165, 1.54) is 0 Å². The first-order valence-electron chi connectivity index (χ1n) is 5.99. The summed E-state index contributed by atoms with van der Waals surface area (Å²) in [4.78, 5) is 12.0. The predicted octanol–water partition coefficient (Wildman–Crippen LogP) is 2.02. The SMILES string of the molecule is Cn1cc(Nc2cc(=O)n(C)c3ccccc23)cn1. The van der Waals surface area contributed by atoms with Gasteiger partial charge in [0.1, 0.15) is 0 Å². The highest BCUT2D eigenvalue weighted by Gasteiger charge is 2.06. The fourth-order valence-corrected chi connectivity index (χ4v) is 2.16. The summed E-state index contributed by atoms with van der Waals surface area (Å²) < 4.78 is 3.36. The van der Waals surface area contributed by atoms with Gasteiger partial charge < -0.3 is 9.88 Å². The van der Waals surface area contributed by atoms with Gasteiger partial charge >= 0.3 is 0 Å². The number of pyridine rings is 1. The minimum absolute atomic E-state index is 0.0370. The van der Waals surface area contributed by atoms with Crippen LogP contribution in [0.2, 0.25) is 0 Å². The Kier molecular flexibility index (Phi) is 2.59. The second-order valence-corrected chi connectivity index (χ2v) is 4.50. The topological polar surface area (TPSA) is 51.9 Å². The first kappa shape index (κ1) is 11.5. The Bertz CT molecular complexity index is 801. The molecule has 0 bridgehead atoms. The van der Waals surface area contributed by atoms with Gasteiger partial charge in [0.15, 0.2) is 0 Å². The van der Waals surface area contributed by atoms with Crippen LogP contribution in [0.3, 0.4) is 0 Å². The lowest BCUT2D eigenvalue weighted by Gasteiger charge is -2.10. The molecule has 3 aromatic rings. The maximum atomic E-state index is 12.0. The molecule has 96 valence electrons. The molecule has 0 atom stereocenters. The van der Waals surface area contributed by atoms with Crippen molar-refractivity contribution in [2.24, 2.45) is 14.1 Å². The average Bonchev–Trinajstić information content (AvgIpc) is 2.81. The Labute approximate surface area is 110 Å². The number of hydrogen-bond acceptors (Lipinski definition) is 3. The number of para-hydroxylation sites is 1. The van der Waals surface area contributed by atoms with Gasteiger partial charge in [-0.2, -0.15) is 5.10 Å². The molecule has 1 N–H and O–H groups in total. The van der Waals surface area contributed by atoms with Gasteiger partial charge in [-0.15, -0.1) is 0 Å². The van der Waals surface area contributed by atoms with Gasteiger partial charge in [0.05, 0.1) is 23.1 Å². The van der Waals surface area contributed by atoms with Crippen LogP contribution in [0.15, 0.2) is 47.5 Å². The summed E-state index contributed by atoms with van der Waals surface area (Å²) in [5.74, 6) is 0. The number of aryl methyl sites for hydroxylation is 2. The van der Waals surface area contributed by atoms with Crippen molar-refractivity contribution in [2.45, 2.75) is 0 Å². The number of nitrogens with zero attached hydrogens (tertiary/aromatic N) is 3. The lowest BCUT2D eigenvalue weighted by molar-refractivity contribution is 0.768. The molecule has 0 spiro atoms. The number of aromatic nitrogens is 3. The van der Waals surface area contributed by atoms with Crippen molar-refractivity contribution in [3.63, 3.8) is 0 Å². The number of anilines is 2. The normalized spacial score (nSPS) is 10.8. The van der Waals surface area contributed by atoms with E-state index >= 15 is 0 Å². The molecule has 2 heterocycles. The highest BCUT2D eigenvalue weighted by molar-refractivity contribution is 5.93. The first-order chi connectivity index (χ1) is 9.15. The van der Waals surface area contributed by atoms with Gasteiger partial charge in [-0.05, 0) is 6.07 Å². The molecular formula is C14H14N4O. The monoisotopic (exact) mass is 254 g/mol. The molecule has 0 saturated heterocycles. The van der Waals surface area contributed by atoms with Crippen LogP contribution in [0, 0.1) is 0 Å². The molecule has 0 saturated carbocycles. The molecule has 1 aromatic carbocycles. The molecule has 3 rings (SSSR count). The summed E-state index contributed by atoms with van der Waals surface area (Å²) >= 11 is 0. The van der Waals surface area contributed by atoms with Gasteiger partial charge in [0.25, 0.3) is 5.56 Å². The van der Waals surface area contributed by atoms with Gasteiger partial charge in [0, 0.05) is 31.7 Å². The van der Waals surface area contributed by atoms with E-state index in [1.807, 2.05) is 37.5 Å². The maximum absolute atomic E-state index is 12.0. The molecule has 0 fully saturated rings. The zero-order valence-corrected chi connectivity index (χ0v) is 10.8. The lowest BCUT2D eigenvalue weighted by atomic mass is 10.2. The van der Waals surface area contributed by atoms with Crippen LogP contribution < -0.4 is 10.9 Å². The number of fused-ring (bicyclic) bond motifs is 1. The van der Waals surface area contributed by atoms with E-state index in [2.05, 4.69) is 10.4 Å². The fraction of sp³-hybridized carbons (Fsp3) is 0.143. The van der Waals surface area contributed by atoms with Crippen molar-refractivity contribution >= 4 is 22.3 Å². The smallest absolute Gasteiger partial charge is 0.252 e. The standard InChI is InChI=1S/C14H14N4O/c1-17-9-10(8-15-17)16-12-7-14(19)18(2)13-6-4-3-5-11(12)13/h3-9,16H,1-2H3. The minimum atomic E-state index is -0.0370. The third-order valence-electron chi connectivity index (χ3n) is 3.14. The van der Waals surface area contributed by atoms with Gasteiger partial charge in [-0.1, -0.05) is 18.2 Å². The molecule has 0 amide bonds. The van der Waals surface area contributed by atoms with E-state index < -0.39 is 0 Å². The van der Waals surface area contributed by atoms with E-state index in [9.17, 15) is 4.79 Å². The van der Waals surface area contributed by atoms with Gasteiger partial charge in [0.2, 0.25) is 0 Å². The Morgan fingerprint density at radius 2 is 2.00 bits per heavy atom. The van der Waals surface area contributed by atoms with Crippen LogP contribution in [-0.4, -0.2) is 14.3 Å². The van der Waals surface area contributed by atoms with Gasteiger partial charge in [-0.25, -0.2) is 0 Å². The number of benzene rings is 1. The van der Waals surface area contributed by atoms with Crippen molar-refractivity contribution in [2.75, 3.05) is 5.32 Å². The average molecular weight is 254 g/mol. The molecule has 0 aliphatic heterocycles. The molecule has 5 heteroatoms. The Balaban J connectivity index is 2.18. The van der Waals surface area contributed by atoms with Crippen molar-refractivity contribution in [1.29, 1.82) is 0 Å². The van der Waals surface area contributed by atoms with E-state index in [0.29, 0.717) is 0 Å². The molecule has 0 radical (unpaired) electrons. The third kappa shape index (κ3) is 1.99. The van der Waals surface area contributed by atoms with E-state index in [1.54, 1.807) is 28.6 Å². The number of hydrogen-bond donors (Lipinski definition) is 1. The molecule has 0 unspecified atom stereocenters. The van der Waals surface area contributed by atoms with E-state index in [4.69, 9.17) is 0 Å². The van der Waals surface area contributed by atoms with Crippen LogP contribution in [0.5, 0.6) is 0 Å². The van der Waals surface area contributed by atoms with Crippen LogP contribution in [0.25, 0.3) is 10.9 Å². The highest BCUT2D eigenvalue weighted by Crippen LogP contribution is 2.23. The second kappa shape index (κ2) is 4.28.